The summed E-state index contributed by atoms with van der Waals surface area (Å²) in [6.07, 6.45) is 8.11. The quantitative estimate of drug-likeness (QED) is 0.486. The molecule has 1 fully saturated rings. The van der Waals surface area contributed by atoms with E-state index in [2.05, 4.69) is 27.8 Å². The van der Waals surface area contributed by atoms with Crippen molar-refractivity contribution in [2.45, 2.75) is 63.5 Å². The number of hydrogen-bond donors (Lipinski definition) is 3. The number of fused-ring (bicyclic) bond motifs is 1. The number of nitrogens with zero attached hydrogens (tertiary/aromatic N) is 3. The largest absolute Gasteiger partial charge is 0.481 e. The van der Waals surface area contributed by atoms with Crippen molar-refractivity contribution in [3.8, 4) is 0 Å². The highest BCUT2D eigenvalue weighted by atomic mass is 16.4. The van der Waals surface area contributed by atoms with Gasteiger partial charge in [0, 0.05) is 37.2 Å². The lowest BCUT2D eigenvalue weighted by Crippen LogP contribution is -2.40. The van der Waals surface area contributed by atoms with E-state index in [1.54, 1.807) is 23.2 Å². The van der Waals surface area contributed by atoms with E-state index in [-0.39, 0.29) is 24.8 Å². The summed E-state index contributed by atoms with van der Waals surface area (Å²) in [6.45, 7) is 1.58. The van der Waals surface area contributed by atoms with Crippen LogP contribution in [0.3, 0.4) is 0 Å². The SMILES string of the molecule is O=C(O)C[C@H](NC(=O)CC(=O)N1CCCC1CCc1ccc2c(n1)NCCC2)c1cccnc1. The molecule has 0 spiro atoms. The van der Waals surface area contributed by atoms with Crippen molar-refractivity contribution in [2.75, 3.05) is 18.4 Å². The van der Waals surface area contributed by atoms with Crippen LogP contribution in [0.4, 0.5) is 5.82 Å². The third-order valence-corrected chi connectivity index (χ3v) is 6.50. The average Bonchev–Trinajstić information content (AvgIpc) is 3.31. The zero-order chi connectivity index (χ0) is 23.9. The molecule has 2 aromatic heterocycles. The molecule has 1 saturated heterocycles. The summed E-state index contributed by atoms with van der Waals surface area (Å²) < 4.78 is 0. The molecule has 0 aliphatic carbocycles. The summed E-state index contributed by atoms with van der Waals surface area (Å²) in [6, 6.07) is 6.96. The molecule has 9 heteroatoms. The van der Waals surface area contributed by atoms with Crippen LogP contribution >= 0.6 is 0 Å². The summed E-state index contributed by atoms with van der Waals surface area (Å²) in [5.74, 6) is -0.760. The Kier molecular flexibility index (Phi) is 7.72. The number of rotatable bonds is 9. The summed E-state index contributed by atoms with van der Waals surface area (Å²) in [5, 5.41) is 15.3. The van der Waals surface area contributed by atoms with Crippen LogP contribution in [0, 0.1) is 0 Å². The van der Waals surface area contributed by atoms with Gasteiger partial charge in [0.25, 0.3) is 0 Å². The molecule has 2 aromatic rings. The Hall–Kier alpha value is -3.49. The number of carbonyl (C=O) groups is 3. The lowest BCUT2D eigenvalue weighted by atomic mass is 10.0. The summed E-state index contributed by atoms with van der Waals surface area (Å²) in [7, 11) is 0. The first kappa shape index (κ1) is 23.7. The standard InChI is InChI=1S/C25H31N5O4/c31-22(29-21(14-24(33)34)18-5-1-11-26-16-18)15-23(32)30-13-3-6-20(30)10-9-19-8-7-17-4-2-12-27-25(17)28-19/h1,5,7-8,11,16,20-21H,2-4,6,9-10,12-15H2,(H,27,28)(H,29,31)(H,33,34)/t20?,21-/m0/s1. The van der Waals surface area contributed by atoms with Gasteiger partial charge in [0.15, 0.2) is 0 Å². The van der Waals surface area contributed by atoms with Crippen molar-refractivity contribution >= 4 is 23.6 Å². The number of anilines is 1. The molecule has 34 heavy (non-hydrogen) atoms. The van der Waals surface area contributed by atoms with Crippen molar-refractivity contribution in [3.05, 3.63) is 53.5 Å². The van der Waals surface area contributed by atoms with Gasteiger partial charge in [0.1, 0.15) is 12.2 Å². The van der Waals surface area contributed by atoms with Gasteiger partial charge < -0.3 is 20.6 Å². The van der Waals surface area contributed by atoms with E-state index in [9.17, 15) is 19.5 Å². The van der Waals surface area contributed by atoms with E-state index in [1.807, 2.05) is 0 Å². The Bertz CT molecular complexity index is 1030. The van der Waals surface area contributed by atoms with E-state index >= 15 is 0 Å². The number of aromatic nitrogens is 2. The van der Waals surface area contributed by atoms with Gasteiger partial charge in [-0.3, -0.25) is 19.4 Å². The van der Waals surface area contributed by atoms with Gasteiger partial charge in [-0.25, -0.2) is 4.98 Å². The number of aryl methyl sites for hydroxylation is 2. The van der Waals surface area contributed by atoms with Gasteiger partial charge in [-0.1, -0.05) is 12.1 Å². The van der Waals surface area contributed by atoms with Crippen molar-refractivity contribution < 1.29 is 19.5 Å². The van der Waals surface area contributed by atoms with E-state index in [0.717, 1.165) is 56.6 Å². The maximum Gasteiger partial charge on any atom is 0.305 e. The van der Waals surface area contributed by atoms with Crippen LogP contribution in [0.2, 0.25) is 0 Å². The van der Waals surface area contributed by atoms with Crippen LogP contribution in [-0.4, -0.2) is 56.9 Å². The highest BCUT2D eigenvalue weighted by Crippen LogP contribution is 2.25. The molecule has 0 aromatic carbocycles. The predicted octanol–water partition coefficient (Wildman–Crippen LogP) is 2.48. The van der Waals surface area contributed by atoms with Gasteiger partial charge in [-0.2, -0.15) is 0 Å². The summed E-state index contributed by atoms with van der Waals surface area (Å²) in [5.41, 5.74) is 2.86. The van der Waals surface area contributed by atoms with Crippen LogP contribution in [0.1, 0.15) is 61.4 Å². The molecule has 2 aliphatic rings. The van der Waals surface area contributed by atoms with Crippen molar-refractivity contribution in [3.63, 3.8) is 0 Å². The lowest BCUT2D eigenvalue weighted by molar-refractivity contribution is -0.138. The second-order valence-electron chi connectivity index (χ2n) is 8.94. The number of amides is 2. The van der Waals surface area contributed by atoms with Gasteiger partial charge >= 0.3 is 5.97 Å². The van der Waals surface area contributed by atoms with Gasteiger partial charge in [0.05, 0.1) is 12.5 Å². The van der Waals surface area contributed by atoms with E-state index < -0.39 is 17.9 Å². The number of hydrogen-bond acceptors (Lipinski definition) is 6. The fourth-order valence-electron chi connectivity index (χ4n) is 4.78. The Morgan fingerprint density at radius 1 is 1.24 bits per heavy atom. The van der Waals surface area contributed by atoms with Crippen molar-refractivity contribution in [1.29, 1.82) is 0 Å². The Balaban J connectivity index is 1.31. The highest BCUT2D eigenvalue weighted by Gasteiger charge is 2.30. The Labute approximate surface area is 199 Å². The third kappa shape index (κ3) is 6.09. The average molecular weight is 466 g/mol. The van der Waals surface area contributed by atoms with Gasteiger partial charge in [-0.15, -0.1) is 0 Å². The first-order valence-corrected chi connectivity index (χ1v) is 11.9. The van der Waals surface area contributed by atoms with Crippen molar-refractivity contribution in [1.82, 2.24) is 20.2 Å². The molecular weight excluding hydrogens is 434 g/mol. The molecule has 2 atom stereocenters. The molecule has 3 N–H and O–H groups in total. The van der Waals surface area contributed by atoms with Crippen LogP contribution in [0.5, 0.6) is 0 Å². The molecule has 1 unspecified atom stereocenters. The number of carbonyl (C=O) groups excluding carboxylic acids is 2. The molecule has 4 heterocycles. The first-order valence-electron chi connectivity index (χ1n) is 11.9. The maximum atomic E-state index is 12.9. The van der Waals surface area contributed by atoms with Gasteiger partial charge in [0.2, 0.25) is 11.8 Å². The Morgan fingerprint density at radius 2 is 2.12 bits per heavy atom. The molecular formula is C25H31N5O4. The fraction of sp³-hybridized carbons (Fsp3) is 0.480. The predicted molar refractivity (Wildman–Crippen MR) is 126 cm³/mol. The minimum absolute atomic E-state index is 0.0826. The van der Waals surface area contributed by atoms with E-state index in [1.165, 1.54) is 11.8 Å². The highest BCUT2D eigenvalue weighted by molar-refractivity contribution is 5.97. The topological polar surface area (TPSA) is 125 Å². The second kappa shape index (κ2) is 11.1. The molecule has 2 aliphatic heterocycles. The van der Waals surface area contributed by atoms with Crippen LogP contribution < -0.4 is 10.6 Å². The molecule has 2 amide bonds. The molecule has 0 radical (unpaired) electrons. The maximum absolute atomic E-state index is 12.9. The number of likely N-dealkylation sites (tertiary alicyclic amines) is 1. The van der Waals surface area contributed by atoms with E-state index in [0.29, 0.717) is 12.1 Å². The third-order valence-electron chi connectivity index (χ3n) is 6.50. The lowest BCUT2D eigenvalue weighted by Gasteiger charge is -2.25. The van der Waals surface area contributed by atoms with Gasteiger partial charge in [-0.05, 0) is 61.8 Å². The summed E-state index contributed by atoms with van der Waals surface area (Å²) >= 11 is 0. The first-order chi connectivity index (χ1) is 16.5. The molecule has 180 valence electrons. The number of carboxylic acid groups (broad SMARTS) is 1. The van der Waals surface area contributed by atoms with E-state index in [4.69, 9.17) is 4.98 Å². The van der Waals surface area contributed by atoms with Crippen LogP contribution in [0.15, 0.2) is 36.7 Å². The minimum atomic E-state index is -1.04. The number of pyridine rings is 2. The number of aliphatic carboxylic acids is 1. The smallest absolute Gasteiger partial charge is 0.305 e. The fourth-order valence-corrected chi connectivity index (χ4v) is 4.78. The second-order valence-corrected chi connectivity index (χ2v) is 8.94. The number of carboxylic acids is 1. The molecule has 0 bridgehead atoms. The normalized spacial score (nSPS) is 18.0. The minimum Gasteiger partial charge on any atom is -0.481 e. The zero-order valence-electron chi connectivity index (χ0n) is 19.2. The molecule has 4 rings (SSSR count). The van der Waals surface area contributed by atoms with Crippen LogP contribution in [0.25, 0.3) is 0 Å². The monoisotopic (exact) mass is 465 g/mol. The molecule has 0 saturated carbocycles. The summed E-state index contributed by atoms with van der Waals surface area (Å²) in [4.78, 5) is 47.3. The van der Waals surface area contributed by atoms with Crippen molar-refractivity contribution in [2.24, 2.45) is 0 Å². The molecule has 9 nitrogen and oxygen atoms in total. The number of nitrogens with one attached hydrogen (secondary N) is 2. The van der Waals surface area contributed by atoms with Crippen LogP contribution in [-0.2, 0) is 27.2 Å². The Morgan fingerprint density at radius 3 is 2.91 bits per heavy atom. The zero-order valence-corrected chi connectivity index (χ0v) is 19.2.